The van der Waals surface area contributed by atoms with E-state index in [0.717, 1.165) is 29.3 Å². The Morgan fingerprint density at radius 3 is 2.94 bits per heavy atom. The van der Waals surface area contributed by atoms with Gasteiger partial charge in [-0.15, -0.1) is 0 Å². The van der Waals surface area contributed by atoms with Gasteiger partial charge in [0.25, 0.3) is 0 Å². The third-order valence-electron chi connectivity index (χ3n) is 2.92. The predicted octanol–water partition coefficient (Wildman–Crippen LogP) is 2.54. The summed E-state index contributed by atoms with van der Waals surface area (Å²) in [4.78, 5) is 14.6. The molecule has 0 aliphatic rings. The van der Waals surface area contributed by atoms with Gasteiger partial charge < -0.3 is 10.7 Å². The number of nitrogens with one attached hydrogen (secondary N) is 1. The van der Waals surface area contributed by atoms with Crippen LogP contribution in [-0.4, -0.2) is 10.9 Å². The molecule has 1 amide bonds. The Hall–Kier alpha value is -1.77. The van der Waals surface area contributed by atoms with Crippen LogP contribution in [0.1, 0.15) is 31.2 Å². The highest BCUT2D eigenvalue weighted by atomic mass is 16.1. The monoisotopic (exact) mass is 216 g/mol. The quantitative estimate of drug-likeness (QED) is 0.810. The number of benzene rings is 1. The summed E-state index contributed by atoms with van der Waals surface area (Å²) in [5, 5.41) is 1.10. The number of carbonyl (C=O) groups is 1. The number of rotatable bonds is 4. The highest BCUT2D eigenvalue weighted by molar-refractivity contribution is 5.91. The zero-order valence-corrected chi connectivity index (χ0v) is 9.36. The van der Waals surface area contributed by atoms with Gasteiger partial charge in [0.2, 0.25) is 5.91 Å². The molecule has 1 atom stereocenters. The molecular formula is C13H16N2O. The minimum absolute atomic E-state index is 0.176. The van der Waals surface area contributed by atoms with E-state index in [2.05, 4.69) is 11.9 Å². The number of amides is 1. The Kier molecular flexibility index (Phi) is 2.95. The average Bonchev–Trinajstić information content (AvgIpc) is 2.73. The molecule has 0 aliphatic heterocycles. The summed E-state index contributed by atoms with van der Waals surface area (Å²) in [5.41, 5.74) is 7.56. The number of aromatic amines is 1. The van der Waals surface area contributed by atoms with Crippen LogP contribution in [-0.2, 0) is 4.79 Å². The molecule has 1 aromatic carbocycles. The van der Waals surface area contributed by atoms with Crippen molar-refractivity contribution in [2.45, 2.75) is 25.7 Å². The maximum atomic E-state index is 11.5. The molecule has 1 aromatic heterocycles. The van der Waals surface area contributed by atoms with E-state index < -0.39 is 0 Å². The number of carbonyl (C=O) groups excluding carboxylic acids is 1. The van der Waals surface area contributed by atoms with Gasteiger partial charge in [0.1, 0.15) is 0 Å². The molecule has 1 heterocycles. The van der Waals surface area contributed by atoms with Gasteiger partial charge in [0.05, 0.1) is 5.92 Å². The molecule has 0 bridgehead atoms. The Morgan fingerprint density at radius 2 is 2.25 bits per heavy atom. The maximum absolute atomic E-state index is 11.5. The van der Waals surface area contributed by atoms with Crippen LogP contribution in [0.2, 0.25) is 0 Å². The van der Waals surface area contributed by atoms with Gasteiger partial charge in [0.15, 0.2) is 0 Å². The van der Waals surface area contributed by atoms with Crippen molar-refractivity contribution in [3.63, 3.8) is 0 Å². The standard InChI is InChI=1S/C13H16N2O/c1-2-4-11(13(14)16)9-5-3-6-12-10(9)7-8-15-12/h3,5-8,11,15H,2,4H2,1H3,(H2,14,16). The first-order valence-electron chi connectivity index (χ1n) is 5.59. The fraction of sp³-hybridized carbons (Fsp3) is 0.308. The molecular weight excluding hydrogens is 200 g/mol. The zero-order chi connectivity index (χ0) is 11.5. The second kappa shape index (κ2) is 4.39. The number of fused-ring (bicyclic) bond motifs is 1. The number of aromatic nitrogens is 1. The SMILES string of the molecule is CCCC(C(N)=O)c1cccc2[nH]ccc12. The third-order valence-corrected chi connectivity index (χ3v) is 2.92. The van der Waals surface area contributed by atoms with Crippen LogP contribution in [0.5, 0.6) is 0 Å². The molecule has 0 saturated carbocycles. The second-order valence-electron chi connectivity index (χ2n) is 4.03. The topological polar surface area (TPSA) is 58.9 Å². The molecule has 3 nitrogen and oxygen atoms in total. The van der Waals surface area contributed by atoms with Crippen molar-refractivity contribution < 1.29 is 4.79 Å². The molecule has 1 unspecified atom stereocenters. The van der Waals surface area contributed by atoms with Gasteiger partial charge in [-0.3, -0.25) is 4.79 Å². The first-order chi connectivity index (χ1) is 7.74. The summed E-state index contributed by atoms with van der Waals surface area (Å²) in [7, 11) is 0. The van der Waals surface area contributed by atoms with Crippen molar-refractivity contribution in [2.75, 3.05) is 0 Å². The molecule has 0 aliphatic carbocycles. The lowest BCUT2D eigenvalue weighted by Gasteiger charge is -2.13. The highest BCUT2D eigenvalue weighted by Gasteiger charge is 2.18. The number of H-pyrrole nitrogens is 1. The highest BCUT2D eigenvalue weighted by Crippen LogP contribution is 2.28. The molecule has 0 radical (unpaired) electrons. The summed E-state index contributed by atoms with van der Waals surface area (Å²) >= 11 is 0. The number of primary amides is 1. The van der Waals surface area contributed by atoms with Crippen LogP contribution in [0.15, 0.2) is 30.5 Å². The van der Waals surface area contributed by atoms with E-state index in [1.807, 2.05) is 30.5 Å². The summed E-state index contributed by atoms with van der Waals surface area (Å²) in [5.74, 6) is -0.417. The molecule has 2 aromatic rings. The van der Waals surface area contributed by atoms with E-state index in [1.165, 1.54) is 0 Å². The summed E-state index contributed by atoms with van der Waals surface area (Å²) < 4.78 is 0. The average molecular weight is 216 g/mol. The Balaban J connectivity index is 2.51. The zero-order valence-electron chi connectivity index (χ0n) is 9.36. The van der Waals surface area contributed by atoms with Crippen molar-refractivity contribution in [3.8, 4) is 0 Å². The number of hydrogen-bond acceptors (Lipinski definition) is 1. The summed E-state index contributed by atoms with van der Waals surface area (Å²) in [6.45, 7) is 2.06. The van der Waals surface area contributed by atoms with Gasteiger partial charge in [0, 0.05) is 17.1 Å². The number of hydrogen-bond donors (Lipinski definition) is 2. The lowest BCUT2D eigenvalue weighted by atomic mass is 9.91. The Bertz CT molecular complexity index is 501. The molecule has 2 rings (SSSR count). The molecule has 16 heavy (non-hydrogen) atoms. The smallest absolute Gasteiger partial charge is 0.224 e. The maximum Gasteiger partial charge on any atom is 0.224 e. The van der Waals surface area contributed by atoms with E-state index in [-0.39, 0.29) is 11.8 Å². The van der Waals surface area contributed by atoms with E-state index >= 15 is 0 Å². The van der Waals surface area contributed by atoms with Crippen molar-refractivity contribution in [3.05, 3.63) is 36.0 Å². The fourth-order valence-electron chi connectivity index (χ4n) is 2.15. The van der Waals surface area contributed by atoms with E-state index in [9.17, 15) is 4.79 Å². The van der Waals surface area contributed by atoms with Crippen LogP contribution in [0.25, 0.3) is 10.9 Å². The summed E-state index contributed by atoms with van der Waals surface area (Å²) in [6.07, 6.45) is 3.65. The van der Waals surface area contributed by atoms with E-state index in [0.29, 0.717) is 0 Å². The van der Waals surface area contributed by atoms with Gasteiger partial charge in [-0.2, -0.15) is 0 Å². The first-order valence-corrected chi connectivity index (χ1v) is 5.59. The van der Waals surface area contributed by atoms with Crippen LogP contribution < -0.4 is 5.73 Å². The molecule has 0 saturated heterocycles. The van der Waals surface area contributed by atoms with Crippen LogP contribution in [0.3, 0.4) is 0 Å². The first kappa shape index (κ1) is 10.7. The van der Waals surface area contributed by atoms with Gasteiger partial charge in [-0.05, 0) is 24.1 Å². The van der Waals surface area contributed by atoms with Crippen LogP contribution in [0.4, 0.5) is 0 Å². The second-order valence-corrected chi connectivity index (χ2v) is 4.03. The predicted molar refractivity (Wildman–Crippen MR) is 65.1 cm³/mol. The molecule has 0 fully saturated rings. The van der Waals surface area contributed by atoms with Crippen molar-refractivity contribution in [1.82, 2.24) is 4.98 Å². The number of nitrogens with two attached hydrogens (primary N) is 1. The molecule has 3 heteroatoms. The largest absolute Gasteiger partial charge is 0.369 e. The van der Waals surface area contributed by atoms with Crippen molar-refractivity contribution in [1.29, 1.82) is 0 Å². The fourth-order valence-corrected chi connectivity index (χ4v) is 2.15. The van der Waals surface area contributed by atoms with Crippen LogP contribution >= 0.6 is 0 Å². The summed E-state index contributed by atoms with van der Waals surface area (Å²) in [6, 6.07) is 7.94. The minimum Gasteiger partial charge on any atom is -0.369 e. The minimum atomic E-state index is -0.240. The van der Waals surface area contributed by atoms with E-state index in [1.54, 1.807) is 0 Å². The van der Waals surface area contributed by atoms with Crippen molar-refractivity contribution in [2.24, 2.45) is 5.73 Å². The Morgan fingerprint density at radius 1 is 1.44 bits per heavy atom. The normalized spacial score (nSPS) is 12.8. The van der Waals surface area contributed by atoms with Crippen LogP contribution in [0, 0.1) is 0 Å². The Labute approximate surface area is 94.6 Å². The lowest BCUT2D eigenvalue weighted by molar-refractivity contribution is -0.119. The van der Waals surface area contributed by atoms with Gasteiger partial charge >= 0.3 is 0 Å². The van der Waals surface area contributed by atoms with Gasteiger partial charge in [-0.1, -0.05) is 25.5 Å². The molecule has 3 N–H and O–H groups in total. The van der Waals surface area contributed by atoms with Gasteiger partial charge in [-0.25, -0.2) is 0 Å². The molecule has 84 valence electrons. The lowest BCUT2D eigenvalue weighted by Crippen LogP contribution is -2.21. The van der Waals surface area contributed by atoms with Crippen molar-refractivity contribution >= 4 is 16.8 Å². The van der Waals surface area contributed by atoms with E-state index in [4.69, 9.17) is 5.73 Å². The molecule has 0 spiro atoms. The third kappa shape index (κ3) is 1.81.